The molecule has 0 atom stereocenters. The summed E-state index contributed by atoms with van der Waals surface area (Å²) in [6.07, 6.45) is 2.42. The molecule has 2 rings (SSSR count). The lowest BCUT2D eigenvalue weighted by Crippen LogP contribution is -2.15. The van der Waals surface area contributed by atoms with Crippen LogP contribution < -0.4 is 4.74 Å². The van der Waals surface area contributed by atoms with E-state index in [9.17, 15) is 14.4 Å². The molecule has 0 heterocycles. The predicted molar refractivity (Wildman–Crippen MR) is 159 cm³/mol. The highest BCUT2D eigenvalue weighted by Crippen LogP contribution is 2.29. The maximum atomic E-state index is 12.6. The van der Waals surface area contributed by atoms with E-state index in [1.165, 1.54) is 21.3 Å². The second-order valence-corrected chi connectivity index (χ2v) is 9.50. The molecule has 0 saturated carbocycles. The van der Waals surface area contributed by atoms with E-state index in [4.69, 9.17) is 28.4 Å². The highest BCUT2D eigenvalue weighted by molar-refractivity contribution is 5.90. The number of carbonyl (C=O) groups is 3. The van der Waals surface area contributed by atoms with Crippen molar-refractivity contribution in [1.82, 2.24) is 0 Å². The SMILES string of the molecule is C=C(COC)C(=O)OCCCc1ccc(-c2ccc(CCCOC(=O)C(=C)COC)c(OC(=O)C(=C)COC)c2)cc1. The molecule has 9 nitrogen and oxygen atoms in total. The van der Waals surface area contributed by atoms with Crippen LogP contribution in [0.4, 0.5) is 0 Å². The second-order valence-electron chi connectivity index (χ2n) is 9.50. The van der Waals surface area contributed by atoms with Crippen LogP contribution in [0, 0.1) is 0 Å². The van der Waals surface area contributed by atoms with E-state index in [0.29, 0.717) is 25.0 Å². The van der Waals surface area contributed by atoms with Gasteiger partial charge in [-0.3, -0.25) is 0 Å². The van der Waals surface area contributed by atoms with Crippen LogP contribution in [-0.2, 0) is 50.9 Å². The first-order valence-corrected chi connectivity index (χ1v) is 13.5. The van der Waals surface area contributed by atoms with Gasteiger partial charge in [-0.25, -0.2) is 14.4 Å². The first-order chi connectivity index (χ1) is 20.2. The van der Waals surface area contributed by atoms with E-state index in [1.54, 1.807) is 6.07 Å². The van der Waals surface area contributed by atoms with Crippen molar-refractivity contribution in [3.05, 3.63) is 90.0 Å². The minimum Gasteiger partial charge on any atom is -0.462 e. The first-order valence-electron chi connectivity index (χ1n) is 13.5. The van der Waals surface area contributed by atoms with Crippen LogP contribution in [0.15, 0.2) is 78.9 Å². The van der Waals surface area contributed by atoms with E-state index in [0.717, 1.165) is 28.7 Å². The zero-order valence-corrected chi connectivity index (χ0v) is 24.7. The third-order valence-electron chi connectivity index (χ3n) is 6.05. The molecule has 9 heteroatoms. The van der Waals surface area contributed by atoms with Gasteiger partial charge in [0.25, 0.3) is 0 Å². The number of hydrogen-bond acceptors (Lipinski definition) is 9. The summed E-state index contributed by atoms with van der Waals surface area (Å²) in [5.41, 5.74) is 4.39. The lowest BCUT2D eigenvalue weighted by molar-refractivity contribution is -0.140. The molecular formula is C33H40O9. The van der Waals surface area contributed by atoms with Gasteiger partial charge >= 0.3 is 17.9 Å². The number of benzene rings is 2. The number of rotatable bonds is 19. The van der Waals surface area contributed by atoms with Crippen molar-refractivity contribution in [2.45, 2.75) is 25.7 Å². The molecule has 0 aliphatic rings. The molecule has 0 aliphatic carbocycles. The summed E-state index contributed by atoms with van der Waals surface area (Å²) >= 11 is 0. The van der Waals surface area contributed by atoms with Crippen LogP contribution >= 0.6 is 0 Å². The highest BCUT2D eigenvalue weighted by atomic mass is 16.5. The van der Waals surface area contributed by atoms with Crippen molar-refractivity contribution in [3.8, 4) is 16.9 Å². The predicted octanol–water partition coefficient (Wildman–Crippen LogP) is 4.82. The molecule has 0 bridgehead atoms. The molecule has 0 aromatic heterocycles. The highest BCUT2D eigenvalue weighted by Gasteiger charge is 2.15. The molecule has 0 aliphatic heterocycles. The van der Waals surface area contributed by atoms with Crippen LogP contribution in [0.2, 0.25) is 0 Å². The molecule has 0 N–H and O–H groups in total. The average Bonchev–Trinajstić information content (AvgIpc) is 2.98. The van der Waals surface area contributed by atoms with Gasteiger partial charge in [0.1, 0.15) is 5.75 Å². The molecule has 42 heavy (non-hydrogen) atoms. The quantitative estimate of drug-likeness (QED) is 0.100. The van der Waals surface area contributed by atoms with Gasteiger partial charge in [-0.2, -0.15) is 0 Å². The van der Waals surface area contributed by atoms with Gasteiger partial charge in [-0.1, -0.05) is 56.1 Å². The monoisotopic (exact) mass is 580 g/mol. The minimum absolute atomic E-state index is 0.0533. The fourth-order valence-corrected chi connectivity index (χ4v) is 3.84. The number of aryl methyl sites for hydroxylation is 2. The third-order valence-corrected chi connectivity index (χ3v) is 6.05. The lowest BCUT2D eigenvalue weighted by atomic mass is 9.99. The fraction of sp³-hybridized carbons (Fsp3) is 0.364. The van der Waals surface area contributed by atoms with Gasteiger partial charge in [0.15, 0.2) is 0 Å². The summed E-state index contributed by atoms with van der Waals surface area (Å²) in [7, 11) is 4.45. The molecular weight excluding hydrogens is 540 g/mol. The van der Waals surface area contributed by atoms with Crippen molar-refractivity contribution in [3.63, 3.8) is 0 Å². The normalized spacial score (nSPS) is 10.5. The zero-order valence-electron chi connectivity index (χ0n) is 24.7. The lowest BCUT2D eigenvalue weighted by Gasteiger charge is -2.14. The summed E-state index contributed by atoms with van der Waals surface area (Å²) in [6.45, 7) is 11.8. The van der Waals surface area contributed by atoms with Crippen LogP contribution in [0.3, 0.4) is 0 Å². The van der Waals surface area contributed by atoms with Crippen molar-refractivity contribution in [2.75, 3.05) is 54.4 Å². The average molecular weight is 581 g/mol. The summed E-state index contributed by atoms with van der Waals surface area (Å²) in [4.78, 5) is 36.4. The molecule has 0 unspecified atom stereocenters. The number of esters is 3. The molecule has 226 valence electrons. The van der Waals surface area contributed by atoms with Crippen molar-refractivity contribution in [1.29, 1.82) is 0 Å². The zero-order chi connectivity index (χ0) is 30.9. The van der Waals surface area contributed by atoms with Gasteiger partial charge in [0.05, 0.1) is 49.8 Å². The van der Waals surface area contributed by atoms with Crippen molar-refractivity contribution in [2.24, 2.45) is 0 Å². The summed E-state index contributed by atoms with van der Waals surface area (Å²) in [6, 6.07) is 13.6. The number of carbonyl (C=O) groups excluding carboxylic acids is 3. The molecule has 2 aromatic carbocycles. The Morgan fingerprint density at radius 2 is 1.10 bits per heavy atom. The Morgan fingerprint density at radius 3 is 1.62 bits per heavy atom. The smallest absolute Gasteiger partial charge is 0.341 e. The standard InChI is InChI=1S/C33H40O9/c1-23(20-37-4)31(34)40-17-7-9-26-11-13-27(14-12-26)29-16-15-28(10-8-18-41-32(35)24(2)21-38-5)30(19-29)42-33(36)25(3)22-39-6/h11-16,19H,1-3,7-10,17-18,20-22H2,4-6H3. The third kappa shape index (κ3) is 11.4. The van der Waals surface area contributed by atoms with E-state index >= 15 is 0 Å². The topological polar surface area (TPSA) is 107 Å². The van der Waals surface area contributed by atoms with Gasteiger partial charge in [-0.05, 0) is 54.0 Å². The Kier molecular flexibility index (Phi) is 15.0. The van der Waals surface area contributed by atoms with Crippen LogP contribution in [0.25, 0.3) is 11.1 Å². The van der Waals surface area contributed by atoms with Crippen LogP contribution in [-0.4, -0.2) is 72.3 Å². The molecule has 0 radical (unpaired) electrons. The van der Waals surface area contributed by atoms with Crippen molar-refractivity contribution < 1.29 is 42.8 Å². The largest absolute Gasteiger partial charge is 0.462 e. The number of hydrogen-bond donors (Lipinski definition) is 0. The second kappa shape index (κ2) is 18.4. The summed E-state index contributed by atoms with van der Waals surface area (Å²) in [5, 5.41) is 0. The van der Waals surface area contributed by atoms with E-state index in [1.807, 2.05) is 36.4 Å². The number of ether oxygens (including phenoxy) is 6. The first kappa shape index (κ1) is 34.2. The van der Waals surface area contributed by atoms with Gasteiger partial charge in [-0.15, -0.1) is 0 Å². The maximum Gasteiger partial charge on any atom is 0.341 e. The van der Waals surface area contributed by atoms with Crippen LogP contribution in [0.1, 0.15) is 24.0 Å². The van der Waals surface area contributed by atoms with Crippen LogP contribution in [0.5, 0.6) is 5.75 Å². The Labute approximate surface area is 247 Å². The fourth-order valence-electron chi connectivity index (χ4n) is 3.84. The molecule has 0 saturated heterocycles. The molecule has 0 amide bonds. The van der Waals surface area contributed by atoms with Gasteiger partial charge in [0, 0.05) is 21.3 Å². The summed E-state index contributed by atoms with van der Waals surface area (Å²) < 4.78 is 31.0. The molecule has 0 spiro atoms. The van der Waals surface area contributed by atoms with Gasteiger partial charge in [0.2, 0.25) is 0 Å². The number of methoxy groups -OCH3 is 3. The minimum atomic E-state index is -0.584. The maximum absolute atomic E-state index is 12.6. The Bertz CT molecular complexity index is 1240. The van der Waals surface area contributed by atoms with Crippen molar-refractivity contribution >= 4 is 17.9 Å². The van der Waals surface area contributed by atoms with E-state index in [-0.39, 0.29) is 49.8 Å². The summed E-state index contributed by atoms with van der Waals surface area (Å²) in [5.74, 6) is -1.15. The Morgan fingerprint density at radius 1 is 0.619 bits per heavy atom. The molecule has 2 aromatic rings. The molecule has 0 fully saturated rings. The van der Waals surface area contributed by atoms with E-state index in [2.05, 4.69) is 19.7 Å². The Hall–Kier alpha value is -4.05. The van der Waals surface area contributed by atoms with Gasteiger partial charge < -0.3 is 28.4 Å². The van der Waals surface area contributed by atoms with E-state index < -0.39 is 17.9 Å². The Balaban J connectivity index is 2.06.